The van der Waals surface area contributed by atoms with Crippen molar-refractivity contribution >= 4 is 33.4 Å². The lowest BCUT2D eigenvalue weighted by atomic mass is 10.1. The molecule has 0 atom stereocenters. The van der Waals surface area contributed by atoms with Crippen LogP contribution in [0.4, 0.5) is 11.4 Å². The summed E-state index contributed by atoms with van der Waals surface area (Å²) >= 11 is 0. The van der Waals surface area contributed by atoms with E-state index in [4.69, 9.17) is 5.53 Å². The number of fused-ring (bicyclic) bond motifs is 2. The molecule has 6 heteroatoms. The third-order valence-electron chi connectivity index (χ3n) is 3.40. The maximum Gasteiger partial charge on any atom is 0.0915 e. The molecule has 3 rings (SSSR count). The Hall–Kier alpha value is -2.85. The first-order valence-corrected chi connectivity index (χ1v) is 6.53. The minimum atomic E-state index is 0.586. The van der Waals surface area contributed by atoms with Crippen LogP contribution in [-0.4, -0.2) is 24.1 Å². The summed E-state index contributed by atoms with van der Waals surface area (Å²) in [6.07, 6.45) is 0. The lowest BCUT2D eigenvalue weighted by Gasteiger charge is -2.12. The summed E-state index contributed by atoms with van der Waals surface area (Å²) in [4.78, 5) is 14.1. The molecule has 0 saturated heterocycles. The van der Waals surface area contributed by atoms with Gasteiger partial charge < -0.3 is 4.90 Å². The third kappa shape index (κ3) is 2.32. The van der Waals surface area contributed by atoms with Crippen LogP contribution in [0.1, 0.15) is 5.56 Å². The van der Waals surface area contributed by atoms with Gasteiger partial charge in [0, 0.05) is 30.4 Å². The molecule has 0 radical (unpaired) electrons. The molecule has 0 N–H and O–H groups in total. The highest BCUT2D eigenvalue weighted by molar-refractivity contribution is 5.89. The number of nitrogens with zero attached hydrogens (tertiary/aromatic N) is 6. The number of anilines is 1. The second kappa shape index (κ2) is 4.92. The maximum absolute atomic E-state index is 8.60. The van der Waals surface area contributed by atoms with Gasteiger partial charge in [-0.2, -0.15) is 0 Å². The molecule has 6 nitrogen and oxygen atoms in total. The van der Waals surface area contributed by atoms with Crippen LogP contribution < -0.4 is 4.90 Å². The van der Waals surface area contributed by atoms with Gasteiger partial charge in [-0.05, 0) is 48.4 Å². The number of rotatable bonds is 2. The first-order valence-electron chi connectivity index (χ1n) is 6.53. The fraction of sp³-hybridized carbons (Fsp3) is 0.200. The summed E-state index contributed by atoms with van der Waals surface area (Å²) < 4.78 is 0. The summed E-state index contributed by atoms with van der Waals surface area (Å²) in [7, 11) is 3.97. The molecule has 1 aromatic heterocycles. The molecular formula is C15H14N6. The molecule has 0 spiro atoms. The Morgan fingerprint density at radius 3 is 2.38 bits per heavy atom. The van der Waals surface area contributed by atoms with Crippen molar-refractivity contribution in [2.45, 2.75) is 6.92 Å². The van der Waals surface area contributed by atoms with Crippen molar-refractivity contribution in [2.75, 3.05) is 19.0 Å². The fourth-order valence-electron chi connectivity index (χ4n) is 2.24. The summed E-state index contributed by atoms with van der Waals surface area (Å²) in [5, 5.41) is 3.69. The number of azide groups is 1. The molecule has 3 aromatic rings. The van der Waals surface area contributed by atoms with Crippen molar-refractivity contribution in [3.8, 4) is 0 Å². The van der Waals surface area contributed by atoms with Crippen LogP contribution in [0, 0.1) is 6.92 Å². The van der Waals surface area contributed by atoms with Gasteiger partial charge in [-0.3, -0.25) is 0 Å². The Balaban J connectivity index is 2.30. The third-order valence-corrected chi connectivity index (χ3v) is 3.40. The van der Waals surface area contributed by atoms with Gasteiger partial charge in [-0.1, -0.05) is 5.11 Å². The molecule has 21 heavy (non-hydrogen) atoms. The van der Waals surface area contributed by atoms with Crippen LogP contribution in [0.15, 0.2) is 35.4 Å². The van der Waals surface area contributed by atoms with Crippen molar-refractivity contribution in [1.29, 1.82) is 0 Å². The van der Waals surface area contributed by atoms with Gasteiger partial charge in [0.2, 0.25) is 0 Å². The maximum atomic E-state index is 8.60. The second-order valence-electron chi connectivity index (χ2n) is 5.11. The van der Waals surface area contributed by atoms with E-state index in [9.17, 15) is 0 Å². The second-order valence-corrected chi connectivity index (χ2v) is 5.11. The highest BCUT2D eigenvalue weighted by Gasteiger charge is 2.06. The van der Waals surface area contributed by atoms with Gasteiger partial charge in [0.1, 0.15) is 0 Å². The summed E-state index contributed by atoms with van der Waals surface area (Å²) in [5.74, 6) is 0. The van der Waals surface area contributed by atoms with E-state index in [1.54, 1.807) is 6.07 Å². The highest BCUT2D eigenvalue weighted by Crippen LogP contribution is 2.26. The predicted molar refractivity (Wildman–Crippen MR) is 84.9 cm³/mol. The van der Waals surface area contributed by atoms with Crippen LogP contribution in [0.2, 0.25) is 0 Å². The number of aryl methyl sites for hydroxylation is 1. The molecule has 0 bridgehead atoms. The Morgan fingerprint density at radius 1 is 1.00 bits per heavy atom. The summed E-state index contributed by atoms with van der Waals surface area (Å²) in [5.41, 5.74) is 14.3. The molecule has 1 heterocycles. The average molecular weight is 278 g/mol. The zero-order chi connectivity index (χ0) is 15.0. The first kappa shape index (κ1) is 13.1. The minimum absolute atomic E-state index is 0.586. The molecule has 0 saturated carbocycles. The van der Waals surface area contributed by atoms with Gasteiger partial charge in [-0.15, -0.1) is 0 Å². The summed E-state index contributed by atoms with van der Waals surface area (Å²) in [6, 6.07) is 9.65. The van der Waals surface area contributed by atoms with Gasteiger partial charge in [-0.25, -0.2) is 9.97 Å². The standard InChI is InChI=1S/C15H14N6/c1-9-6-13-15(8-12(9)19-20-16)18-14-7-10(21(2)3)4-5-11(14)17-13/h4-8H,1-3H3. The van der Waals surface area contributed by atoms with E-state index in [0.29, 0.717) is 5.69 Å². The van der Waals surface area contributed by atoms with E-state index in [0.717, 1.165) is 33.3 Å². The average Bonchev–Trinajstić information content (AvgIpc) is 2.45. The zero-order valence-electron chi connectivity index (χ0n) is 12.1. The zero-order valence-corrected chi connectivity index (χ0v) is 12.1. The van der Waals surface area contributed by atoms with Crippen LogP contribution >= 0.6 is 0 Å². The quantitative estimate of drug-likeness (QED) is 0.306. The fourth-order valence-corrected chi connectivity index (χ4v) is 2.24. The van der Waals surface area contributed by atoms with E-state index in [2.05, 4.69) is 20.0 Å². The smallest absolute Gasteiger partial charge is 0.0915 e. The molecule has 0 amide bonds. The monoisotopic (exact) mass is 278 g/mol. The number of benzene rings is 2. The number of aromatic nitrogens is 2. The van der Waals surface area contributed by atoms with Crippen LogP contribution in [0.5, 0.6) is 0 Å². The van der Waals surface area contributed by atoms with Crippen molar-refractivity contribution < 1.29 is 0 Å². The topological polar surface area (TPSA) is 77.8 Å². The van der Waals surface area contributed by atoms with E-state index < -0.39 is 0 Å². The van der Waals surface area contributed by atoms with E-state index >= 15 is 0 Å². The van der Waals surface area contributed by atoms with E-state index in [1.165, 1.54) is 0 Å². The lowest BCUT2D eigenvalue weighted by molar-refractivity contribution is 1.13. The molecule has 0 unspecified atom stereocenters. The first-order chi connectivity index (χ1) is 10.1. The number of hydrogen-bond donors (Lipinski definition) is 0. The normalized spacial score (nSPS) is 10.6. The van der Waals surface area contributed by atoms with Crippen LogP contribution in [0.3, 0.4) is 0 Å². The Kier molecular flexibility index (Phi) is 3.08. The molecule has 0 aliphatic carbocycles. The molecule has 104 valence electrons. The van der Waals surface area contributed by atoms with Crippen molar-refractivity contribution in [1.82, 2.24) is 9.97 Å². The Labute approximate surface area is 121 Å². The lowest BCUT2D eigenvalue weighted by Crippen LogP contribution is -2.08. The van der Waals surface area contributed by atoms with E-state index in [1.807, 2.05) is 50.2 Å². The van der Waals surface area contributed by atoms with Crippen LogP contribution in [-0.2, 0) is 0 Å². The largest absolute Gasteiger partial charge is 0.378 e. The molecule has 0 fully saturated rings. The SMILES string of the molecule is Cc1cc2nc3ccc(N(C)C)cc3nc2cc1N=[N+]=[N-]. The highest BCUT2D eigenvalue weighted by atomic mass is 15.1. The van der Waals surface area contributed by atoms with Crippen LogP contribution in [0.25, 0.3) is 32.5 Å². The minimum Gasteiger partial charge on any atom is -0.378 e. The summed E-state index contributed by atoms with van der Waals surface area (Å²) in [6.45, 7) is 1.89. The predicted octanol–water partition coefficient (Wildman–Crippen LogP) is 4.10. The molecule has 0 aliphatic heterocycles. The Morgan fingerprint density at radius 2 is 1.67 bits per heavy atom. The molecule has 2 aromatic carbocycles. The van der Waals surface area contributed by atoms with Crippen molar-refractivity contribution in [3.05, 3.63) is 46.3 Å². The van der Waals surface area contributed by atoms with Gasteiger partial charge in [0.15, 0.2) is 0 Å². The van der Waals surface area contributed by atoms with Crippen molar-refractivity contribution in [2.24, 2.45) is 5.11 Å². The molecular weight excluding hydrogens is 264 g/mol. The van der Waals surface area contributed by atoms with E-state index in [-0.39, 0.29) is 0 Å². The van der Waals surface area contributed by atoms with Gasteiger partial charge >= 0.3 is 0 Å². The number of hydrogen-bond acceptors (Lipinski definition) is 4. The van der Waals surface area contributed by atoms with Gasteiger partial charge in [0.25, 0.3) is 0 Å². The Bertz CT molecular complexity index is 893. The molecule has 0 aliphatic rings. The van der Waals surface area contributed by atoms with Crippen molar-refractivity contribution in [3.63, 3.8) is 0 Å². The van der Waals surface area contributed by atoms with Gasteiger partial charge in [0.05, 0.1) is 22.1 Å².